The highest BCUT2D eigenvalue weighted by Gasteiger charge is 2.56. The molecule has 3 nitrogen and oxygen atoms in total. The van der Waals surface area contributed by atoms with Crippen LogP contribution in [0.5, 0.6) is 0 Å². The van der Waals surface area contributed by atoms with Gasteiger partial charge in [-0.2, -0.15) is 0 Å². The summed E-state index contributed by atoms with van der Waals surface area (Å²) in [6, 6.07) is 5.80. The van der Waals surface area contributed by atoms with Crippen molar-refractivity contribution < 1.29 is 0 Å². The number of pyridine rings is 1. The van der Waals surface area contributed by atoms with Gasteiger partial charge in [-0.1, -0.05) is 26.7 Å². The fourth-order valence-corrected chi connectivity index (χ4v) is 5.90. The standard InChI is InChI=1S/C22H35N3/c1-22(2)20-6-4-3-5-19(20)21(22)24-18-10-15-25(16-11-18)14-9-17-7-12-23-13-8-17/h7-8,12-13,18-21,24H,3-6,9-11,14-16H2,1-2H3/t19-,20+,21?/m1/s1. The van der Waals surface area contributed by atoms with Crippen LogP contribution >= 0.6 is 0 Å². The van der Waals surface area contributed by atoms with Gasteiger partial charge in [0, 0.05) is 31.0 Å². The summed E-state index contributed by atoms with van der Waals surface area (Å²) in [6.07, 6.45) is 13.5. The molecule has 3 aliphatic rings. The fraction of sp³-hybridized carbons (Fsp3) is 0.773. The van der Waals surface area contributed by atoms with E-state index in [0.717, 1.165) is 30.3 Å². The van der Waals surface area contributed by atoms with Gasteiger partial charge in [0.2, 0.25) is 0 Å². The second-order valence-electron chi connectivity index (χ2n) is 9.24. The molecule has 0 spiro atoms. The van der Waals surface area contributed by atoms with Crippen molar-refractivity contribution in [2.45, 2.75) is 70.9 Å². The lowest BCUT2D eigenvalue weighted by Gasteiger charge is -2.62. The number of rotatable bonds is 5. The quantitative estimate of drug-likeness (QED) is 0.880. The van der Waals surface area contributed by atoms with Crippen molar-refractivity contribution in [3.05, 3.63) is 30.1 Å². The minimum atomic E-state index is 0.517. The smallest absolute Gasteiger partial charge is 0.0270 e. The number of hydrogen-bond acceptors (Lipinski definition) is 3. The van der Waals surface area contributed by atoms with Crippen LogP contribution in [0.15, 0.2) is 24.5 Å². The molecule has 1 aromatic heterocycles. The number of fused-ring (bicyclic) bond motifs is 1. The molecule has 1 aromatic rings. The first-order chi connectivity index (χ1) is 12.1. The van der Waals surface area contributed by atoms with Crippen molar-refractivity contribution >= 4 is 0 Å². The molecule has 0 amide bonds. The van der Waals surface area contributed by atoms with Gasteiger partial charge in [0.15, 0.2) is 0 Å². The summed E-state index contributed by atoms with van der Waals surface area (Å²) in [5.74, 6) is 1.95. The molecule has 0 radical (unpaired) electrons. The topological polar surface area (TPSA) is 28.2 Å². The molecule has 2 heterocycles. The van der Waals surface area contributed by atoms with Crippen molar-refractivity contribution in [2.75, 3.05) is 19.6 Å². The van der Waals surface area contributed by atoms with Gasteiger partial charge in [-0.05, 0) is 80.1 Å². The maximum absolute atomic E-state index is 4.11. The molecule has 0 aromatic carbocycles. The van der Waals surface area contributed by atoms with Crippen molar-refractivity contribution in [1.29, 1.82) is 0 Å². The largest absolute Gasteiger partial charge is 0.310 e. The molecule has 1 aliphatic heterocycles. The van der Waals surface area contributed by atoms with Gasteiger partial charge in [0.25, 0.3) is 0 Å². The van der Waals surface area contributed by atoms with Crippen molar-refractivity contribution in [3.63, 3.8) is 0 Å². The molecule has 3 fully saturated rings. The Balaban J connectivity index is 1.22. The predicted molar refractivity (Wildman–Crippen MR) is 104 cm³/mol. The molecular weight excluding hydrogens is 306 g/mol. The van der Waals surface area contributed by atoms with E-state index >= 15 is 0 Å². The Morgan fingerprint density at radius 1 is 1.08 bits per heavy atom. The second kappa shape index (κ2) is 7.36. The summed E-state index contributed by atoms with van der Waals surface area (Å²) >= 11 is 0. The van der Waals surface area contributed by atoms with Crippen molar-refractivity contribution in [1.82, 2.24) is 15.2 Å². The summed E-state index contributed by atoms with van der Waals surface area (Å²) in [5, 5.41) is 4.10. The Labute approximate surface area is 153 Å². The molecule has 2 saturated carbocycles. The Bertz CT molecular complexity index is 548. The van der Waals surface area contributed by atoms with E-state index in [1.54, 1.807) is 0 Å². The minimum absolute atomic E-state index is 0.517. The molecule has 3 heteroatoms. The first-order valence-corrected chi connectivity index (χ1v) is 10.5. The van der Waals surface area contributed by atoms with Crippen LogP contribution in [0.2, 0.25) is 0 Å². The zero-order valence-electron chi connectivity index (χ0n) is 16.1. The summed E-state index contributed by atoms with van der Waals surface area (Å²) in [7, 11) is 0. The third kappa shape index (κ3) is 3.64. The first kappa shape index (κ1) is 17.5. The lowest BCUT2D eigenvalue weighted by atomic mass is 9.47. The zero-order chi connectivity index (χ0) is 17.3. The van der Waals surface area contributed by atoms with Crippen molar-refractivity contribution in [2.24, 2.45) is 17.3 Å². The molecule has 4 rings (SSSR count). The van der Waals surface area contributed by atoms with Gasteiger partial charge < -0.3 is 10.2 Å². The minimum Gasteiger partial charge on any atom is -0.310 e. The number of likely N-dealkylation sites (tertiary alicyclic amines) is 1. The Morgan fingerprint density at radius 2 is 1.80 bits per heavy atom. The van der Waals surface area contributed by atoms with Gasteiger partial charge in [0.1, 0.15) is 0 Å². The molecule has 1 N–H and O–H groups in total. The third-order valence-corrected chi connectivity index (χ3v) is 7.47. The molecule has 0 bridgehead atoms. The summed E-state index contributed by atoms with van der Waals surface area (Å²) in [4.78, 5) is 6.76. The summed E-state index contributed by atoms with van der Waals surface area (Å²) < 4.78 is 0. The predicted octanol–water partition coefficient (Wildman–Crippen LogP) is 3.89. The van der Waals surface area contributed by atoms with Crippen LogP contribution in [0.4, 0.5) is 0 Å². The highest BCUT2D eigenvalue weighted by molar-refractivity contribution is 5.11. The van der Waals surface area contributed by atoms with Crippen LogP contribution in [-0.2, 0) is 6.42 Å². The SMILES string of the molecule is CC1(C)C(NC2CCN(CCc3ccncc3)CC2)[C@@H]2CCCC[C@@H]21. The maximum Gasteiger partial charge on any atom is 0.0270 e. The van der Waals surface area contributed by atoms with E-state index in [2.05, 4.69) is 41.2 Å². The molecule has 25 heavy (non-hydrogen) atoms. The van der Waals surface area contributed by atoms with Crippen LogP contribution in [0, 0.1) is 17.3 Å². The van der Waals surface area contributed by atoms with Crippen LogP contribution in [0.3, 0.4) is 0 Å². The second-order valence-corrected chi connectivity index (χ2v) is 9.24. The van der Waals surface area contributed by atoms with Crippen LogP contribution in [0.1, 0.15) is 57.9 Å². The zero-order valence-corrected chi connectivity index (χ0v) is 16.1. The Morgan fingerprint density at radius 3 is 2.56 bits per heavy atom. The van der Waals surface area contributed by atoms with E-state index in [-0.39, 0.29) is 0 Å². The number of hydrogen-bond donors (Lipinski definition) is 1. The maximum atomic E-state index is 4.11. The highest BCUT2D eigenvalue weighted by atomic mass is 15.1. The van der Waals surface area contributed by atoms with Crippen LogP contribution in [0.25, 0.3) is 0 Å². The molecular formula is C22H35N3. The van der Waals surface area contributed by atoms with E-state index < -0.39 is 0 Å². The lowest BCUT2D eigenvalue weighted by molar-refractivity contribution is -0.0939. The first-order valence-electron chi connectivity index (χ1n) is 10.5. The lowest BCUT2D eigenvalue weighted by Crippen LogP contribution is -2.67. The number of nitrogens with one attached hydrogen (secondary N) is 1. The normalized spacial score (nSPS) is 32.8. The fourth-order valence-electron chi connectivity index (χ4n) is 5.90. The third-order valence-electron chi connectivity index (χ3n) is 7.47. The molecule has 2 aliphatic carbocycles. The van der Waals surface area contributed by atoms with E-state index in [9.17, 15) is 0 Å². The van der Waals surface area contributed by atoms with Gasteiger partial charge in [0.05, 0.1) is 0 Å². The van der Waals surface area contributed by atoms with Crippen LogP contribution in [-0.4, -0.2) is 41.6 Å². The monoisotopic (exact) mass is 341 g/mol. The molecule has 1 unspecified atom stereocenters. The summed E-state index contributed by atoms with van der Waals surface area (Å²) in [5.41, 5.74) is 1.93. The Hall–Kier alpha value is -0.930. The van der Waals surface area contributed by atoms with Gasteiger partial charge >= 0.3 is 0 Å². The Kier molecular flexibility index (Phi) is 5.15. The number of piperidine rings is 1. The summed E-state index contributed by atoms with van der Waals surface area (Å²) in [6.45, 7) is 8.73. The van der Waals surface area contributed by atoms with E-state index in [1.807, 2.05) is 12.4 Å². The molecule has 1 saturated heterocycles. The highest BCUT2D eigenvalue weighted by Crippen LogP contribution is 2.57. The van der Waals surface area contributed by atoms with E-state index in [4.69, 9.17) is 0 Å². The van der Waals surface area contributed by atoms with E-state index in [1.165, 1.54) is 63.7 Å². The molecule has 138 valence electrons. The average molecular weight is 342 g/mol. The average Bonchev–Trinajstić information content (AvgIpc) is 2.66. The molecule has 3 atom stereocenters. The number of aromatic nitrogens is 1. The number of nitrogens with zero attached hydrogens (tertiary/aromatic N) is 2. The van der Waals surface area contributed by atoms with Crippen molar-refractivity contribution in [3.8, 4) is 0 Å². The van der Waals surface area contributed by atoms with Crippen LogP contribution < -0.4 is 5.32 Å². The van der Waals surface area contributed by atoms with Gasteiger partial charge in [-0.15, -0.1) is 0 Å². The van der Waals surface area contributed by atoms with E-state index in [0.29, 0.717) is 5.41 Å². The van der Waals surface area contributed by atoms with Gasteiger partial charge in [-0.25, -0.2) is 0 Å². The van der Waals surface area contributed by atoms with Gasteiger partial charge in [-0.3, -0.25) is 4.98 Å².